The minimum Gasteiger partial charge on any atom is -0.455 e. The Balaban J connectivity index is 1.35. The summed E-state index contributed by atoms with van der Waals surface area (Å²) in [4.78, 5) is 25.9. The van der Waals surface area contributed by atoms with Crippen LogP contribution in [0.4, 0.5) is 5.95 Å². The minimum atomic E-state index is 0.0312. The van der Waals surface area contributed by atoms with Gasteiger partial charge in [-0.2, -0.15) is 0 Å². The molecule has 2 aliphatic heterocycles. The van der Waals surface area contributed by atoms with E-state index in [1.54, 1.807) is 12.4 Å². The lowest BCUT2D eigenvalue weighted by atomic mass is 9.94. The number of aryl methyl sites for hydroxylation is 1. The first-order valence-electron chi connectivity index (χ1n) is 9.90. The number of anilines is 1. The second kappa shape index (κ2) is 7.30. The van der Waals surface area contributed by atoms with Crippen molar-refractivity contribution in [2.75, 3.05) is 42.6 Å². The molecule has 5 rings (SSSR count). The Labute approximate surface area is 173 Å². The molecule has 3 aliphatic rings. The molecule has 28 heavy (non-hydrogen) atoms. The van der Waals surface area contributed by atoms with Crippen LogP contribution < -0.4 is 4.90 Å². The number of rotatable bonds is 2. The van der Waals surface area contributed by atoms with Gasteiger partial charge in [-0.15, -0.1) is 23.5 Å². The van der Waals surface area contributed by atoms with Crippen molar-refractivity contribution < 1.29 is 9.21 Å². The van der Waals surface area contributed by atoms with Crippen molar-refractivity contribution in [3.8, 4) is 0 Å². The van der Waals surface area contributed by atoms with E-state index in [-0.39, 0.29) is 9.99 Å². The molecule has 0 atom stereocenters. The summed E-state index contributed by atoms with van der Waals surface area (Å²) in [5.74, 6) is 4.73. The van der Waals surface area contributed by atoms with Crippen molar-refractivity contribution in [3.63, 3.8) is 0 Å². The third kappa shape index (κ3) is 3.01. The Hall–Kier alpha value is -1.67. The van der Waals surface area contributed by atoms with Crippen molar-refractivity contribution in [2.24, 2.45) is 0 Å². The molecule has 1 amide bonds. The van der Waals surface area contributed by atoms with Gasteiger partial charge < -0.3 is 14.2 Å². The van der Waals surface area contributed by atoms with Gasteiger partial charge in [-0.05, 0) is 25.8 Å². The van der Waals surface area contributed by atoms with Crippen LogP contribution in [0.25, 0.3) is 0 Å². The molecule has 0 N–H and O–H groups in total. The molecule has 0 unspecified atom stereocenters. The van der Waals surface area contributed by atoms with Gasteiger partial charge >= 0.3 is 0 Å². The van der Waals surface area contributed by atoms with Crippen LogP contribution in [0.1, 0.15) is 40.3 Å². The first-order valence-corrected chi connectivity index (χ1v) is 11.9. The highest BCUT2D eigenvalue weighted by molar-refractivity contribution is 8.20. The van der Waals surface area contributed by atoms with Gasteiger partial charge in [0.25, 0.3) is 5.91 Å². The Morgan fingerprint density at radius 1 is 1.14 bits per heavy atom. The molecule has 2 fully saturated rings. The Morgan fingerprint density at radius 3 is 2.57 bits per heavy atom. The number of carbonyl (C=O) groups excluding carboxylic acids is 1. The molecule has 0 aromatic carbocycles. The van der Waals surface area contributed by atoms with Crippen molar-refractivity contribution >= 4 is 35.4 Å². The van der Waals surface area contributed by atoms with E-state index >= 15 is 0 Å². The molecule has 1 aliphatic carbocycles. The monoisotopic (exact) mass is 416 g/mol. The van der Waals surface area contributed by atoms with Crippen molar-refractivity contribution in [1.29, 1.82) is 0 Å². The standard InChI is InChI=1S/C20H24N4O2S2/c1-14-16-15(4-2-5-20(16)27-12-13-28-20)26-17(14)18(25)23-8-10-24(11-9-23)19-21-6-3-7-22-19/h3,6-7H,2,4-5,8-13H2,1H3. The van der Waals surface area contributed by atoms with Crippen molar-refractivity contribution in [2.45, 2.75) is 30.3 Å². The smallest absolute Gasteiger partial charge is 0.289 e. The highest BCUT2D eigenvalue weighted by Crippen LogP contribution is 2.59. The third-order valence-corrected chi connectivity index (χ3v) is 9.39. The predicted octanol–water partition coefficient (Wildman–Crippen LogP) is 3.31. The fraction of sp³-hybridized carbons (Fsp3) is 0.550. The van der Waals surface area contributed by atoms with Crippen LogP contribution in [0.2, 0.25) is 0 Å². The van der Waals surface area contributed by atoms with Crippen LogP contribution in [0.3, 0.4) is 0 Å². The molecule has 148 valence electrons. The summed E-state index contributed by atoms with van der Waals surface area (Å²) in [6.07, 6.45) is 6.78. The van der Waals surface area contributed by atoms with Gasteiger partial charge in [-0.1, -0.05) is 0 Å². The number of fused-ring (bicyclic) bond motifs is 2. The van der Waals surface area contributed by atoms with Crippen LogP contribution in [-0.2, 0) is 10.5 Å². The fourth-order valence-electron chi connectivity index (χ4n) is 4.51. The van der Waals surface area contributed by atoms with Crippen molar-refractivity contribution in [3.05, 3.63) is 41.1 Å². The van der Waals surface area contributed by atoms with Gasteiger partial charge in [-0.3, -0.25) is 4.79 Å². The highest BCUT2D eigenvalue weighted by Gasteiger charge is 2.45. The third-order valence-electron chi connectivity index (χ3n) is 5.86. The first-order chi connectivity index (χ1) is 13.7. The molecule has 0 bridgehead atoms. The van der Waals surface area contributed by atoms with E-state index in [9.17, 15) is 4.79 Å². The number of furan rings is 1. The topological polar surface area (TPSA) is 62.5 Å². The molecular formula is C20H24N4O2S2. The molecule has 8 heteroatoms. The Morgan fingerprint density at radius 2 is 1.86 bits per heavy atom. The number of nitrogens with zero attached hydrogens (tertiary/aromatic N) is 4. The summed E-state index contributed by atoms with van der Waals surface area (Å²) in [5, 5.41) is 0. The number of aromatic nitrogens is 2. The van der Waals surface area contributed by atoms with Crippen LogP contribution in [0, 0.1) is 6.92 Å². The van der Waals surface area contributed by atoms with Crippen LogP contribution in [0.5, 0.6) is 0 Å². The first kappa shape index (κ1) is 18.4. The number of carbonyl (C=O) groups is 1. The quantitative estimate of drug-likeness (QED) is 0.744. The zero-order chi connectivity index (χ0) is 19.1. The second-order valence-corrected chi connectivity index (χ2v) is 10.5. The maximum atomic E-state index is 13.3. The number of hydrogen-bond acceptors (Lipinski definition) is 7. The fourth-order valence-corrected chi connectivity index (χ4v) is 8.07. The van der Waals surface area contributed by atoms with Crippen LogP contribution >= 0.6 is 23.5 Å². The molecule has 0 radical (unpaired) electrons. The summed E-state index contributed by atoms with van der Waals surface area (Å²) >= 11 is 4.08. The largest absolute Gasteiger partial charge is 0.455 e. The van der Waals surface area contributed by atoms with E-state index in [1.165, 1.54) is 23.5 Å². The Kier molecular flexibility index (Phi) is 4.79. The zero-order valence-electron chi connectivity index (χ0n) is 16.0. The number of thioether (sulfide) groups is 2. The van der Waals surface area contributed by atoms with Gasteiger partial charge in [-0.25, -0.2) is 9.97 Å². The van der Waals surface area contributed by atoms with E-state index < -0.39 is 0 Å². The van der Waals surface area contributed by atoms with E-state index in [0.29, 0.717) is 18.8 Å². The van der Waals surface area contributed by atoms with Gasteiger partial charge in [0, 0.05) is 67.6 Å². The van der Waals surface area contributed by atoms with E-state index in [1.807, 2.05) is 34.5 Å². The average Bonchev–Trinajstić information content (AvgIpc) is 3.34. The zero-order valence-corrected chi connectivity index (χ0v) is 17.7. The van der Waals surface area contributed by atoms with Gasteiger partial charge in [0.1, 0.15) is 5.76 Å². The molecular weight excluding hydrogens is 392 g/mol. The maximum Gasteiger partial charge on any atom is 0.289 e. The van der Waals surface area contributed by atoms with E-state index in [2.05, 4.69) is 21.8 Å². The van der Waals surface area contributed by atoms with Crippen molar-refractivity contribution in [1.82, 2.24) is 14.9 Å². The average molecular weight is 417 g/mol. The van der Waals surface area contributed by atoms with Gasteiger partial charge in [0.2, 0.25) is 5.95 Å². The Bertz CT molecular complexity index is 872. The van der Waals surface area contributed by atoms with Crippen LogP contribution in [0.15, 0.2) is 22.9 Å². The summed E-state index contributed by atoms with van der Waals surface area (Å²) in [7, 11) is 0. The van der Waals surface area contributed by atoms with E-state index in [4.69, 9.17) is 4.42 Å². The van der Waals surface area contributed by atoms with Gasteiger partial charge in [0.15, 0.2) is 5.76 Å². The number of amides is 1. The molecule has 2 aromatic rings. The summed E-state index contributed by atoms with van der Waals surface area (Å²) in [6.45, 7) is 4.89. The lowest BCUT2D eigenvalue weighted by molar-refractivity contribution is 0.0711. The molecule has 4 heterocycles. The number of piperazine rings is 1. The van der Waals surface area contributed by atoms with E-state index in [0.717, 1.165) is 43.2 Å². The SMILES string of the molecule is Cc1c(C(=O)N2CCN(c3ncccn3)CC2)oc2c1C1(CCC2)SCCS1. The lowest BCUT2D eigenvalue weighted by Gasteiger charge is -2.34. The van der Waals surface area contributed by atoms with Gasteiger partial charge in [0.05, 0.1) is 4.08 Å². The second-order valence-electron chi connectivity index (χ2n) is 7.49. The normalized spacial score (nSPS) is 21.2. The lowest BCUT2D eigenvalue weighted by Crippen LogP contribution is -2.49. The maximum absolute atomic E-state index is 13.3. The molecule has 0 saturated carbocycles. The minimum absolute atomic E-state index is 0.0312. The van der Waals surface area contributed by atoms with Crippen LogP contribution in [-0.4, -0.2) is 58.5 Å². The number of hydrogen-bond donors (Lipinski definition) is 0. The molecule has 1 spiro atoms. The molecule has 2 aromatic heterocycles. The summed E-state index contributed by atoms with van der Waals surface area (Å²) in [5.41, 5.74) is 2.38. The molecule has 2 saturated heterocycles. The molecule has 6 nitrogen and oxygen atoms in total. The summed E-state index contributed by atoms with van der Waals surface area (Å²) in [6, 6.07) is 1.82. The predicted molar refractivity (Wildman–Crippen MR) is 113 cm³/mol. The highest BCUT2D eigenvalue weighted by atomic mass is 32.2. The summed E-state index contributed by atoms with van der Waals surface area (Å²) < 4.78 is 6.31.